The van der Waals surface area contributed by atoms with E-state index in [0.29, 0.717) is 22.7 Å². The Balaban J connectivity index is 1.68. The van der Waals surface area contributed by atoms with Gasteiger partial charge in [-0.25, -0.2) is 0 Å². The lowest BCUT2D eigenvalue weighted by Crippen LogP contribution is -2.55. The van der Waals surface area contributed by atoms with Crippen LogP contribution in [0.1, 0.15) is 48.2 Å². The Morgan fingerprint density at radius 3 is 2.67 bits per heavy atom. The summed E-state index contributed by atoms with van der Waals surface area (Å²) in [6.45, 7) is 1.87. The van der Waals surface area contributed by atoms with Crippen LogP contribution in [0.4, 0.5) is 0 Å². The maximum atomic E-state index is 12.4. The zero-order valence-electron chi connectivity index (χ0n) is 12.6. The van der Waals surface area contributed by atoms with Gasteiger partial charge in [0.1, 0.15) is 0 Å². The van der Waals surface area contributed by atoms with Crippen LogP contribution in [0.25, 0.3) is 0 Å². The van der Waals surface area contributed by atoms with Gasteiger partial charge in [-0.2, -0.15) is 0 Å². The Hall–Kier alpha value is -1.13. The molecule has 114 valence electrons. The van der Waals surface area contributed by atoms with E-state index < -0.39 is 0 Å². The first-order chi connectivity index (χ1) is 10.0. The molecule has 2 fully saturated rings. The lowest BCUT2D eigenvalue weighted by atomic mass is 9.82. The number of fused-ring (bicyclic) bond motifs is 2. The second kappa shape index (κ2) is 5.93. The van der Waals surface area contributed by atoms with Gasteiger partial charge in [0.25, 0.3) is 5.91 Å². The smallest absolute Gasteiger partial charge is 0.254 e. The molecule has 2 atom stereocenters. The summed E-state index contributed by atoms with van der Waals surface area (Å²) in [4.78, 5) is 19.1. The third-order valence-electron chi connectivity index (χ3n) is 4.91. The number of hydrogen-bond acceptors (Lipinski definition) is 3. The molecular weight excluding hydrogens is 286 g/mol. The Kier molecular flexibility index (Phi) is 4.18. The van der Waals surface area contributed by atoms with Crippen molar-refractivity contribution in [2.45, 2.75) is 57.2 Å². The standard InChI is InChI=1S/C16H22ClN3O/c1-10-6-15(17)14(9-18-10)16(21)19-11-7-12-4-3-5-13(8-11)20(12)2/h6,9,11-13H,3-5,7-8H2,1-2H3,(H,19,21). The average Bonchev–Trinajstić information content (AvgIpc) is 2.39. The molecule has 2 unspecified atom stereocenters. The Morgan fingerprint density at radius 1 is 1.38 bits per heavy atom. The Bertz CT molecular complexity index is 534. The number of rotatable bonds is 2. The molecule has 0 radical (unpaired) electrons. The molecule has 1 amide bonds. The van der Waals surface area contributed by atoms with Crippen LogP contribution in [0.5, 0.6) is 0 Å². The van der Waals surface area contributed by atoms with Gasteiger partial charge in [-0.05, 0) is 45.7 Å². The zero-order chi connectivity index (χ0) is 15.0. The number of nitrogens with zero attached hydrogens (tertiary/aromatic N) is 2. The highest BCUT2D eigenvalue weighted by Gasteiger charge is 2.36. The van der Waals surface area contributed by atoms with Crippen molar-refractivity contribution in [1.29, 1.82) is 0 Å². The van der Waals surface area contributed by atoms with E-state index in [2.05, 4.69) is 22.2 Å². The van der Waals surface area contributed by atoms with Crippen molar-refractivity contribution in [3.05, 3.63) is 28.5 Å². The highest BCUT2D eigenvalue weighted by Crippen LogP contribution is 2.32. The number of amides is 1. The van der Waals surface area contributed by atoms with Crippen LogP contribution in [0, 0.1) is 6.92 Å². The number of nitrogens with one attached hydrogen (secondary N) is 1. The number of aromatic nitrogens is 1. The van der Waals surface area contributed by atoms with Crippen LogP contribution in [0.3, 0.4) is 0 Å². The molecule has 1 N–H and O–H groups in total. The van der Waals surface area contributed by atoms with E-state index in [1.165, 1.54) is 19.3 Å². The molecule has 4 nitrogen and oxygen atoms in total. The molecule has 3 heterocycles. The zero-order valence-corrected chi connectivity index (χ0v) is 13.4. The van der Waals surface area contributed by atoms with Crippen molar-refractivity contribution in [3.8, 4) is 0 Å². The van der Waals surface area contributed by atoms with Gasteiger partial charge < -0.3 is 10.2 Å². The van der Waals surface area contributed by atoms with Gasteiger partial charge in [-0.1, -0.05) is 18.0 Å². The number of carbonyl (C=O) groups excluding carboxylic acids is 1. The summed E-state index contributed by atoms with van der Waals surface area (Å²) in [5.74, 6) is -0.0971. The molecule has 0 aliphatic carbocycles. The molecule has 0 spiro atoms. The normalized spacial score (nSPS) is 29.2. The third kappa shape index (κ3) is 3.06. The number of carbonyl (C=O) groups is 1. The van der Waals surface area contributed by atoms with Gasteiger partial charge >= 0.3 is 0 Å². The fourth-order valence-corrected chi connectivity index (χ4v) is 3.98. The van der Waals surface area contributed by atoms with Crippen LogP contribution >= 0.6 is 11.6 Å². The van der Waals surface area contributed by atoms with Crippen molar-refractivity contribution < 1.29 is 4.79 Å². The minimum atomic E-state index is -0.0971. The molecule has 2 aliphatic heterocycles. The molecule has 2 bridgehead atoms. The molecule has 21 heavy (non-hydrogen) atoms. The van der Waals surface area contributed by atoms with Crippen molar-refractivity contribution in [2.24, 2.45) is 0 Å². The molecule has 1 aromatic rings. The van der Waals surface area contributed by atoms with E-state index in [-0.39, 0.29) is 11.9 Å². The lowest BCUT2D eigenvalue weighted by Gasteiger charge is -2.47. The van der Waals surface area contributed by atoms with Crippen molar-refractivity contribution in [2.75, 3.05) is 7.05 Å². The van der Waals surface area contributed by atoms with E-state index in [0.717, 1.165) is 18.5 Å². The lowest BCUT2D eigenvalue weighted by molar-refractivity contribution is 0.0463. The Labute approximate surface area is 130 Å². The highest BCUT2D eigenvalue weighted by molar-refractivity contribution is 6.33. The van der Waals surface area contributed by atoms with Gasteiger partial charge in [-0.15, -0.1) is 0 Å². The first-order valence-corrected chi connectivity index (χ1v) is 8.07. The van der Waals surface area contributed by atoms with Gasteiger partial charge in [0.05, 0.1) is 10.6 Å². The summed E-state index contributed by atoms with van der Waals surface area (Å²) < 4.78 is 0. The SMILES string of the molecule is Cc1cc(Cl)c(C(=O)NC2CC3CCCC(C2)N3C)cn1. The van der Waals surface area contributed by atoms with Gasteiger partial charge in [0.2, 0.25) is 0 Å². The summed E-state index contributed by atoms with van der Waals surface area (Å²) in [6.07, 6.45) is 7.44. The van der Waals surface area contributed by atoms with Gasteiger partial charge in [-0.3, -0.25) is 9.78 Å². The molecule has 3 rings (SSSR count). The van der Waals surface area contributed by atoms with Crippen LogP contribution in [-0.4, -0.2) is 41.0 Å². The molecule has 1 aromatic heterocycles. The number of pyridine rings is 1. The molecule has 2 aliphatic rings. The second-order valence-corrected chi connectivity index (χ2v) is 6.76. The largest absolute Gasteiger partial charge is 0.349 e. The van der Waals surface area contributed by atoms with Gasteiger partial charge in [0.15, 0.2) is 0 Å². The number of hydrogen-bond donors (Lipinski definition) is 1. The fraction of sp³-hybridized carbons (Fsp3) is 0.625. The topological polar surface area (TPSA) is 45.2 Å². The van der Waals surface area contributed by atoms with Crippen molar-refractivity contribution >= 4 is 17.5 Å². The fourth-order valence-electron chi connectivity index (χ4n) is 3.69. The van der Waals surface area contributed by atoms with Gasteiger partial charge in [0, 0.05) is 30.0 Å². The maximum Gasteiger partial charge on any atom is 0.254 e. The molecule has 5 heteroatoms. The van der Waals surface area contributed by atoms with Crippen molar-refractivity contribution in [1.82, 2.24) is 15.2 Å². The minimum absolute atomic E-state index is 0.0971. The van der Waals surface area contributed by atoms with E-state index in [1.54, 1.807) is 12.3 Å². The molecular formula is C16H22ClN3O. The van der Waals surface area contributed by atoms with E-state index >= 15 is 0 Å². The van der Waals surface area contributed by atoms with Crippen LogP contribution in [0.2, 0.25) is 5.02 Å². The Morgan fingerprint density at radius 2 is 2.05 bits per heavy atom. The highest BCUT2D eigenvalue weighted by atomic mass is 35.5. The first kappa shape index (κ1) is 14.8. The second-order valence-electron chi connectivity index (χ2n) is 6.35. The summed E-state index contributed by atoms with van der Waals surface area (Å²) in [6, 6.07) is 3.20. The third-order valence-corrected chi connectivity index (χ3v) is 5.22. The monoisotopic (exact) mass is 307 g/mol. The van der Waals surface area contributed by atoms with Crippen LogP contribution in [0.15, 0.2) is 12.3 Å². The van der Waals surface area contributed by atoms with E-state index in [1.807, 2.05) is 6.92 Å². The quantitative estimate of drug-likeness (QED) is 0.914. The minimum Gasteiger partial charge on any atom is -0.349 e. The predicted octanol–water partition coefficient (Wildman–Crippen LogP) is 2.79. The summed E-state index contributed by atoms with van der Waals surface area (Å²) in [5, 5.41) is 3.63. The summed E-state index contributed by atoms with van der Waals surface area (Å²) in [7, 11) is 2.22. The molecule has 0 aromatic carbocycles. The molecule has 2 saturated heterocycles. The average molecular weight is 308 g/mol. The van der Waals surface area contributed by atoms with Crippen molar-refractivity contribution in [3.63, 3.8) is 0 Å². The van der Waals surface area contributed by atoms with E-state index in [9.17, 15) is 4.79 Å². The van der Waals surface area contributed by atoms with Crippen LogP contribution in [-0.2, 0) is 0 Å². The predicted molar refractivity (Wildman–Crippen MR) is 83.7 cm³/mol. The summed E-state index contributed by atoms with van der Waals surface area (Å²) >= 11 is 6.15. The number of halogens is 1. The molecule has 0 saturated carbocycles. The number of aryl methyl sites for hydroxylation is 1. The van der Waals surface area contributed by atoms with Crippen LogP contribution < -0.4 is 5.32 Å². The first-order valence-electron chi connectivity index (χ1n) is 7.69. The number of piperidine rings is 2. The van der Waals surface area contributed by atoms with E-state index in [4.69, 9.17) is 11.6 Å². The maximum absolute atomic E-state index is 12.4. The summed E-state index contributed by atoms with van der Waals surface area (Å²) in [5.41, 5.74) is 1.30.